The Bertz CT molecular complexity index is 488. The van der Waals surface area contributed by atoms with Crippen LogP contribution in [0.5, 0.6) is 0 Å². The number of hydrogen-bond acceptors (Lipinski definition) is 3. The molecule has 5 heteroatoms. The van der Waals surface area contributed by atoms with Crippen LogP contribution in [0.15, 0.2) is 16.8 Å². The highest BCUT2D eigenvalue weighted by Crippen LogP contribution is 2.24. The standard InChI is InChI=1S/C16H22N2O2S/c19-15(17-14-2-3-14)4-1-12-5-8-18(9-6-12)16(20)13-7-10-21-11-13/h7,10-12,14H,1-6,8-9H2,(H,17,19). The van der Waals surface area contributed by atoms with Crippen LogP contribution in [0.3, 0.4) is 0 Å². The summed E-state index contributed by atoms with van der Waals surface area (Å²) in [7, 11) is 0. The van der Waals surface area contributed by atoms with Crippen LogP contribution in [0.1, 0.15) is 48.9 Å². The van der Waals surface area contributed by atoms with Gasteiger partial charge in [-0.15, -0.1) is 0 Å². The maximum absolute atomic E-state index is 12.2. The van der Waals surface area contributed by atoms with Gasteiger partial charge in [-0.2, -0.15) is 11.3 Å². The first kappa shape index (κ1) is 14.6. The lowest BCUT2D eigenvalue weighted by Gasteiger charge is -2.31. The number of piperidine rings is 1. The molecular formula is C16H22N2O2S. The first-order valence-electron chi connectivity index (χ1n) is 7.83. The minimum absolute atomic E-state index is 0.154. The average molecular weight is 306 g/mol. The highest BCUT2D eigenvalue weighted by molar-refractivity contribution is 7.08. The third kappa shape index (κ3) is 4.06. The maximum Gasteiger partial charge on any atom is 0.254 e. The number of rotatable bonds is 5. The van der Waals surface area contributed by atoms with Crippen molar-refractivity contribution in [2.45, 2.75) is 44.6 Å². The number of nitrogens with one attached hydrogen (secondary N) is 1. The number of carbonyl (C=O) groups is 2. The van der Waals surface area contributed by atoms with Crippen LogP contribution < -0.4 is 5.32 Å². The molecule has 4 nitrogen and oxygen atoms in total. The van der Waals surface area contributed by atoms with Gasteiger partial charge in [0.15, 0.2) is 0 Å². The number of nitrogens with zero attached hydrogens (tertiary/aromatic N) is 1. The summed E-state index contributed by atoms with van der Waals surface area (Å²) in [6.45, 7) is 1.65. The fraction of sp³-hybridized carbons (Fsp3) is 0.625. The zero-order chi connectivity index (χ0) is 14.7. The second-order valence-electron chi connectivity index (χ2n) is 6.13. The normalized spacial score (nSPS) is 19.5. The third-order valence-electron chi connectivity index (χ3n) is 4.39. The Balaban J connectivity index is 1.38. The van der Waals surface area contributed by atoms with Gasteiger partial charge in [-0.05, 0) is 49.5 Å². The van der Waals surface area contributed by atoms with E-state index in [0.29, 0.717) is 18.4 Å². The van der Waals surface area contributed by atoms with Gasteiger partial charge >= 0.3 is 0 Å². The number of thiophene rings is 1. The molecule has 1 aromatic rings. The molecule has 3 rings (SSSR count). The quantitative estimate of drug-likeness (QED) is 0.909. The topological polar surface area (TPSA) is 49.4 Å². The van der Waals surface area contributed by atoms with Crippen molar-refractivity contribution in [2.24, 2.45) is 5.92 Å². The van der Waals surface area contributed by atoms with Gasteiger partial charge in [0.1, 0.15) is 0 Å². The summed E-state index contributed by atoms with van der Waals surface area (Å²) in [6.07, 6.45) is 5.93. The van der Waals surface area contributed by atoms with E-state index in [1.807, 2.05) is 21.7 Å². The molecule has 0 bridgehead atoms. The van der Waals surface area contributed by atoms with E-state index >= 15 is 0 Å². The molecular weight excluding hydrogens is 284 g/mol. The second kappa shape index (κ2) is 6.60. The number of carbonyl (C=O) groups excluding carboxylic acids is 2. The minimum Gasteiger partial charge on any atom is -0.353 e. The fourth-order valence-electron chi connectivity index (χ4n) is 2.86. The van der Waals surface area contributed by atoms with Crippen molar-refractivity contribution in [2.75, 3.05) is 13.1 Å². The molecule has 1 saturated heterocycles. The summed E-state index contributed by atoms with van der Waals surface area (Å²) in [4.78, 5) is 25.9. The van der Waals surface area contributed by atoms with Gasteiger partial charge in [0.25, 0.3) is 5.91 Å². The summed E-state index contributed by atoms with van der Waals surface area (Å²) >= 11 is 1.56. The van der Waals surface area contributed by atoms with Gasteiger partial charge in [-0.1, -0.05) is 0 Å². The van der Waals surface area contributed by atoms with Crippen LogP contribution in [-0.2, 0) is 4.79 Å². The predicted molar refractivity (Wildman–Crippen MR) is 83.3 cm³/mol. The Hall–Kier alpha value is -1.36. The van der Waals surface area contributed by atoms with E-state index in [2.05, 4.69) is 5.32 Å². The summed E-state index contributed by atoms with van der Waals surface area (Å²) in [5.74, 6) is 0.942. The molecule has 2 heterocycles. The van der Waals surface area contributed by atoms with Crippen molar-refractivity contribution in [3.8, 4) is 0 Å². The lowest BCUT2D eigenvalue weighted by Crippen LogP contribution is -2.38. The molecule has 1 aliphatic carbocycles. The first-order valence-corrected chi connectivity index (χ1v) is 8.77. The van der Waals surface area contributed by atoms with Gasteiger partial charge in [0.2, 0.25) is 5.91 Å². The molecule has 2 fully saturated rings. The Morgan fingerprint density at radius 3 is 2.62 bits per heavy atom. The van der Waals surface area contributed by atoms with E-state index in [1.165, 1.54) is 0 Å². The summed E-state index contributed by atoms with van der Waals surface area (Å²) in [5.41, 5.74) is 0.808. The van der Waals surface area contributed by atoms with E-state index < -0.39 is 0 Å². The van der Waals surface area contributed by atoms with E-state index in [-0.39, 0.29) is 11.8 Å². The largest absolute Gasteiger partial charge is 0.353 e. The highest BCUT2D eigenvalue weighted by atomic mass is 32.1. The molecule has 0 radical (unpaired) electrons. The molecule has 0 aromatic carbocycles. The van der Waals surface area contributed by atoms with E-state index in [4.69, 9.17) is 0 Å². The smallest absolute Gasteiger partial charge is 0.254 e. The summed E-state index contributed by atoms with van der Waals surface area (Å²) < 4.78 is 0. The Morgan fingerprint density at radius 2 is 2.00 bits per heavy atom. The fourth-order valence-corrected chi connectivity index (χ4v) is 3.49. The van der Waals surface area contributed by atoms with Crippen molar-refractivity contribution in [3.63, 3.8) is 0 Å². The molecule has 1 aromatic heterocycles. The lowest BCUT2D eigenvalue weighted by molar-refractivity contribution is -0.121. The van der Waals surface area contributed by atoms with Crippen LogP contribution in [0.4, 0.5) is 0 Å². The van der Waals surface area contributed by atoms with Crippen LogP contribution in [-0.4, -0.2) is 35.8 Å². The molecule has 21 heavy (non-hydrogen) atoms. The van der Waals surface area contributed by atoms with Gasteiger partial charge in [0.05, 0.1) is 5.56 Å². The van der Waals surface area contributed by atoms with Crippen molar-refractivity contribution < 1.29 is 9.59 Å². The first-order chi connectivity index (χ1) is 10.2. The van der Waals surface area contributed by atoms with Gasteiger partial charge < -0.3 is 10.2 Å². The average Bonchev–Trinajstić information content (AvgIpc) is 3.15. The molecule has 1 N–H and O–H groups in total. The lowest BCUT2D eigenvalue weighted by atomic mass is 9.92. The summed E-state index contributed by atoms with van der Waals surface area (Å²) in [5, 5.41) is 6.89. The van der Waals surface area contributed by atoms with E-state index in [0.717, 1.165) is 50.8 Å². The molecule has 2 aliphatic rings. The maximum atomic E-state index is 12.2. The SMILES string of the molecule is O=C(CCC1CCN(C(=O)c2ccsc2)CC1)NC1CC1. The summed E-state index contributed by atoms with van der Waals surface area (Å²) in [6, 6.07) is 2.35. The van der Waals surface area contributed by atoms with E-state index in [9.17, 15) is 9.59 Å². The van der Waals surface area contributed by atoms with Crippen molar-refractivity contribution in [1.82, 2.24) is 10.2 Å². The predicted octanol–water partition coefficient (Wildman–Crippen LogP) is 2.66. The van der Waals surface area contributed by atoms with Crippen LogP contribution >= 0.6 is 11.3 Å². The zero-order valence-corrected chi connectivity index (χ0v) is 13.0. The monoisotopic (exact) mass is 306 g/mol. The Morgan fingerprint density at radius 1 is 1.24 bits per heavy atom. The highest BCUT2D eigenvalue weighted by Gasteiger charge is 2.26. The molecule has 1 aliphatic heterocycles. The number of amides is 2. The second-order valence-corrected chi connectivity index (χ2v) is 6.91. The van der Waals surface area contributed by atoms with Crippen molar-refractivity contribution in [1.29, 1.82) is 0 Å². The van der Waals surface area contributed by atoms with Crippen LogP contribution in [0, 0.1) is 5.92 Å². The molecule has 0 spiro atoms. The van der Waals surface area contributed by atoms with E-state index in [1.54, 1.807) is 11.3 Å². The van der Waals surface area contributed by atoms with Crippen molar-refractivity contribution >= 4 is 23.2 Å². The molecule has 0 unspecified atom stereocenters. The molecule has 0 atom stereocenters. The number of likely N-dealkylation sites (tertiary alicyclic amines) is 1. The van der Waals surface area contributed by atoms with Gasteiger partial charge in [-0.3, -0.25) is 9.59 Å². The van der Waals surface area contributed by atoms with Crippen LogP contribution in [0.25, 0.3) is 0 Å². The Labute approximate surface area is 129 Å². The van der Waals surface area contributed by atoms with Gasteiger partial charge in [0, 0.05) is 30.9 Å². The molecule has 114 valence electrons. The number of hydrogen-bond donors (Lipinski definition) is 1. The molecule has 2 amide bonds. The molecule has 1 saturated carbocycles. The van der Waals surface area contributed by atoms with Gasteiger partial charge in [-0.25, -0.2) is 0 Å². The third-order valence-corrected chi connectivity index (χ3v) is 5.08. The Kier molecular flexibility index (Phi) is 4.58. The van der Waals surface area contributed by atoms with Crippen molar-refractivity contribution in [3.05, 3.63) is 22.4 Å². The zero-order valence-electron chi connectivity index (χ0n) is 12.2. The minimum atomic E-state index is 0.154. The van der Waals surface area contributed by atoms with Crippen LogP contribution in [0.2, 0.25) is 0 Å².